The van der Waals surface area contributed by atoms with Crippen molar-refractivity contribution in [2.45, 2.75) is 52.7 Å². The molecule has 6 nitrogen and oxygen atoms in total. The SMILES string of the molecule is CCNC(=NCCc1nccn1Cc1ccccc1)NC1CN(C(C)C)CC1C.I. The molecule has 0 spiro atoms. The van der Waals surface area contributed by atoms with Gasteiger partial charge in [0, 0.05) is 63.6 Å². The van der Waals surface area contributed by atoms with E-state index in [-0.39, 0.29) is 24.0 Å². The summed E-state index contributed by atoms with van der Waals surface area (Å²) in [5, 5.41) is 7.06. The maximum Gasteiger partial charge on any atom is 0.191 e. The Bertz CT molecular complexity index is 773. The molecular formula is C23H37IN6. The number of guanidine groups is 1. The summed E-state index contributed by atoms with van der Waals surface area (Å²) in [4.78, 5) is 11.9. The predicted molar refractivity (Wildman–Crippen MR) is 136 cm³/mol. The van der Waals surface area contributed by atoms with Crippen molar-refractivity contribution in [3.63, 3.8) is 0 Å². The third-order valence-electron chi connectivity index (χ3n) is 5.64. The van der Waals surface area contributed by atoms with E-state index in [4.69, 9.17) is 4.99 Å². The van der Waals surface area contributed by atoms with Crippen LogP contribution in [0.4, 0.5) is 0 Å². The second-order valence-electron chi connectivity index (χ2n) is 8.24. The molecule has 1 aromatic carbocycles. The number of aromatic nitrogens is 2. The van der Waals surface area contributed by atoms with Crippen molar-refractivity contribution >= 4 is 29.9 Å². The molecule has 0 saturated carbocycles. The second kappa shape index (κ2) is 12.3. The van der Waals surface area contributed by atoms with Crippen molar-refractivity contribution in [3.05, 3.63) is 54.1 Å². The largest absolute Gasteiger partial charge is 0.357 e. The quantitative estimate of drug-likeness (QED) is 0.316. The van der Waals surface area contributed by atoms with Gasteiger partial charge in [-0.2, -0.15) is 0 Å². The average Bonchev–Trinajstić information content (AvgIpc) is 3.29. The molecule has 0 bridgehead atoms. The lowest BCUT2D eigenvalue weighted by Crippen LogP contribution is -2.47. The molecule has 1 aliphatic rings. The minimum absolute atomic E-state index is 0. The van der Waals surface area contributed by atoms with Gasteiger partial charge in [-0.25, -0.2) is 4.98 Å². The molecule has 2 atom stereocenters. The average molecular weight is 524 g/mol. The number of aliphatic imine (C=N–C) groups is 1. The summed E-state index contributed by atoms with van der Waals surface area (Å²) in [5.74, 6) is 2.61. The number of halogens is 1. The number of benzene rings is 1. The maximum atomic E-state index is 4.83. The van der Waals surface area contributed by atoms with E-state index in [0.29, 0.717) is 18.0 Å². The van der Waals surface area contributed by atoms with E-state index >= 15 is 0 Å². The lowest BCUT2D eigenvalue weighted by Gasteiger charge is -2.22. The first-order valence-electron chi connectivity index (χ1n) is 10.9. The zero-order chi connectivity index (χ0) is 20.6. The first kappa shape index (κ1) is 24.7. The van der Waals surface area contributed by atoms with Gasteiger partial charge in [-0.1, -0.05) is 37.3 Å². The summed E-state index contributed by atoms with van der Waals surface area (Å²) >= 11 is 0. The number of rotatable bonds is 8. The molecule has 0 amide bonds. The van der Waals surface area contributed by atoms with Crippen molar-refractivity contribution < 1.29 is 0 Å². The van der Waals surface area contributed by atoms with Crippen LogP contribution in [-0.2, 0) is 13.0 Å². The van der Waals surface area contributed by atoms with Crippen LogP contribution in [0.5, 0.6) is 0 Å². The Morgan fingerprint density at radius 1 is 1.23 bits per heavy atom. The molecule has 0 radical (unpaired) electrons. The van der Waals surface area contributed by atoms with Crippen LogP contribution in [-0.4, -0.2) is 58.7 Å². The molecule has 1 saturated heterocycles. The lowest BCUT2D eigenvalue weighted by molar-refractivity contribution is 0.265. The van der Waals surface area contributed by atoms with Crippen LogP contribution < -0.4 is 10.6 Å². The standard InChI is InChI=1S/C23H36N6.HI/c1-5-24-23(27-21-17-29(18(2)3)15-19(21)4)26-12-11-22-25-13-14-28(22)16-20-9-7-6-8-10-20;/h6-10,13-14,18-19,21H,5,11-12,15-17H2,1-4H3,(H2,24,26,27);1H. The van der Waals surface area contributed by atoms with Crippen molar-refractivity contribution in [2.24, 2.45) is 10.9 Å². The lowest BCUT2D eigenvalue weighted by atomic mass is 10.1. The van der Waals surface area contributed by atoms with Crippen LogP contribution in [0.2, 0.25) is 0 Å². The zero-order valence-electron chi connectivity index (χ0n) is 18.7. The van der Waals surface area contributed by atoms with Gasteiger partial charge in [-0.15, -0.1) is 24.0 Å². The van der Waals surface area contributed by atoms with Gasteiger partial charge in [0.2, 0.25) is 0 Å². The minimum atomic E-state index is 0. The van der Waals surface area contributed by atoms with Crippen molar-refractivity contribution in [2.75, 3.05) is 26.2 Å². The zero-order valence-corrected chi connectivity index (χ0v) is 21.0. The second-order valence-corrected chi connectivity index (χ2v) is 8.24. The smallest absolute Gasteiger partial charge is 0.191 e. The Kier molecular flexibility index (Phi) is 10.1. The number of nitrogens with zero attached hydrogens (tertiary/aromatic N) is 4. The van der Waals surface area contributed by atoms with E-state index in [2.05, 4.69) is 83.2 Å². The maximum absolute atomic E-state index is 4.83. The molecule has 1 fully saturated rings. The highest BCUT2D eigenvalue weighted by molar-refractivity contribution is 14.0. The minimum Gasteiger partial charge on any atom is -0.357 e. The molecule has 2 N–H and O–H groups in total. The molecule has 0 aliphatic carbocycles. The van der Waals surface area contributed by atoms with Gasteiger partial charge < -0.3 is 15.2 Å². The number of likely N-dealkylation sites (tertiary alicyclic amines) is 1. The van der Waals surface area contributed by atoms with Gasteiger partial charge >= 0.3 is 0 Å². The molecular weight excluding hydrogens is 487 g/mol. The summed E-state index contributed by atoms with van der Waals surface area (Å²) in [5.41, 5.74) is 1.29. The Hall–Kier alpha value is -1.61. The van der Waals surface area contributed by atoms with Crippen molar-refractivity contribution in [1.29, 1.82) is 0 Å². The Labute approximate surface area is 198 Å². The molecule has 3 rings (SSSR count). The van der Waals surface area contributed by atoms with Crippen LogP contribution >= 0.6 is 24.0 Å². The highest BCUT2D eigenvalue weighted by atomic mass is 127. The van der Waals surface area contributed by atoms with Crippen LogP contribution in [0, 0.1) is 5.92 Å². The molecule has 2 unspecified atom stereocenters. The fraction of sp³-hybridized carbons (Fsp3) is 0.565. The third-order valence-corrected chi connectivity index (χ3v) is 5.64. The topological polar surface area (TPSA) is 57.5 Å². The molecule has 2 heterocycles. The van der Waals surface area contributed by atoms with E-state index in [9.17, 15) is 0 Å². The summed E-state index contributed by atoms with van der Waals surface area (Å²) < 4.78 is 2.21. The van der Waals surface area contributed by atoms with Gasteiger partial charge in [0.1, 0.15) is 5.82 Å². The fourth-order valence-corrected chi connectivity index (χ4v) is 3.87. The fourth-order valence-electron chi connectivity index (χ4n) is 3.87. The van der Waals surface area contributed by atoms with Crippen LogP contribution in [0.1, 0.15) is 39.1 Å². The van der Waals surface area contributed by atoms with Crippen LogP contribution in [0.15, 0.2) is 47.7 Å². The number of hydrogen-bond donors (Lipinski definition) is 2. The van der Waals surface area contributed by atoms with Crippen molar-refractivity contribution in [3.8, 4) is 0 Å². The van der Waals surface area contributed by atoms with Gasteiger partial charge in [0.15, 0.2) is 5.96 Å². The number of nitrogens with one attached hydrogen (secondary N) is 2. The monoisotopic (exact) mass is 524 g/mol. The molecule has 1 aliphatic heterocycles. The van der Waals surface area contributed by atoms with Crippen molar-refractivity contribution in [1.82, 2.24) is 25.1 Å². The Balaban J connectivity index is 0.00000320. The molecule has 166 valence electrons. The van der Waals surface area contributed by atoms with Crippen LogP contribution in [0.3, 0.4) is 0 Å². The molecule has 30 heavy (non-hydrogen) atoms. The van der Waals surface area contributed by atoms with E-state index in [1.807, 2.05) is 12.3 Å². The first-order chi connectivity index (χ1) is 14.1. The number of imidazole rings is 1. The number of hydrogen-bond acceptors (Lipinski definition) is 3. The summed E-state index contributed by atoms with van der Waals surface area (Å²) in [6, 6.07) is 11.5. The third kappa shape index (κ3) is 6.97. The van der Waals surface area contributed by atoms with Gasteiger partial charge in [0.05, 0.1) is 0 Å². The van der Waals surface area contributed by atoms with Gasteiger partial charge in [-0.05, 0) is 32.3 Å². The van der Waals surface area contributed by atoms with Gasteiger partial charge in [0.25, 0.3) is 0 Å². The highest BCUT2D eigenvalue weighted by Crippen LogP contribution is 2.18. The van der Waals surface area contributed by atoms with E-state index in [0.717, 1.165) is 50.9 Å². The summed E-state index contributed by atoms with van der Waals surface area (Å²) in [7, 11) is 0. The highest BCUT2D eigenvalue weighted by Gasteiger charge is 2.31. The van der Waals surface area contributed by atoms with Crippen LogP contribution in [0.25, 0.3) is 0 Å². The molecule has 7 heteroatoms. The Morgan fingerprint density at radius 3 is 2.67 bits per heavy atom. The summed E-state index contributed by atoms with van der Waals surface area (Å²) in [6.45, 7) is 13.6. The normalized spacial score (nSPS) is 19.7. The molecule has 2 aromatic rings. The molecule has 1 aromatic heterocycles. The Morgan fingerprint density at radius 2 is 2.00 bits per heavy atom. The van der Waals surface area contributed by atoms with E-state index in [1.165, 1.54) is 5.56 Å². The van der Waals surface area contributed by atoms with E-state index in [1.54, 1.807) is 0 Å². The van der Waals surface area contributed by atoms with E-state index < -0.39 is 0 Å². The first-order valence-corrected chi connectivity index (χ1v) is 10.9. The predicted octanol–water partition coefficient (Wildman–Crippen LogP) is 3.38. The van der Waals surface area contributed by atoms with Gasteiger partial charge in [-0.3, -0.25) is 9.89 Å². The summed E-state index contributed by atoms with van der Waals surface area (Å²) in [6.07, 6.45) is 4.76.